The maximum absolute atomic E-state index is 12.0. The second-order valence-electron chi connectivity index (χ2n) is 5.64. The first-order chi connectivity index (χ1) is 8.78. The summed E-state index contributed by atoms with van der Waals surface area (Å²) in [6.07, 6.45) is 1.72. The number of pyridine rings is 1. The zero-order chi connectivity index (χ0) is 14.2. The average Bonchev–Trinajstić information content (AvgIpc) is 2.55. The van der Waals surface area contributed by atoms with Crippen molar-refractivity contribution < 1.29 is 4.79 Å². The van der Waals surface area contributed by atoms with E-state index in [4.69, 9.17) is 12.2 Å². The summed E-state index contributed by atoms with van der Waals surface area (Å²) in [6, 6.07) is 1.91. The highest BCUT2D eigenvalue weighted by Crippen LogP contribution is 2.15. The molecule has 0 aliphatic heterocycles. The van der Waals surface area contributed by atoms with E-state index in [1.165, 1.54) is 0 Å². The van der Waals surface area contributed by atoms with Crippen LogP contribution in [0, 0.1) is 11.7 Å². The van der Waals surface area contributed by atoms with Crippen LogP contribution >= 0.6 is 12.2 Å². The van der Waals surface area contributed by atoms with Gasteiger partial charge < -0.3 is 10.3 Å². The summed E-state index contributed by atoms with van der Waals surface area (Å²) in [7, 11) is 0. The van der Waals surface area contributed by atoms with Gasteiger partial charge in [0.1, 0.15) is 6.54 Å². The molecule has 2 aromatic heterocycles. The fraction of sp³-hybridized carbons (Fsp3) is 0.462. The van der Waals surface area contributed by atoms with Gasteiger partial charge in [0, 0.05) is 11.7 Å². The molecule has 0 aliphatic rings. The van der Waals surface area contributed by atoms with E-state index in [-0.39, 0.29) is 18.0 Å². The highest BCUT2D eigenvalue weighted by Gasteiger charge is 2.16. The van der Waals surface area contributed by atoms with Crippen LogP contribution in [0.2, 0.25) is 0 Å². The van der Waals surface area contributed by atoms with Gasteiger partial charge in [-0.25, -0.2) is 4.98 Å². The van der Waals surface area contributed by atoms with Gasteiger partial charge in [-0.2, -0.15) is 0 Å². The Kier molecular flexibility index (Phi) is 3.45. The molecule has 1 amide bonds. The summed E-state index contributed by atoms with van der Waals surface area (Å²) in [5.74, 6) is -0.0761. The summed E-state index contributed by atoms with van der Waals surface area (Å²) in [4.78, 5) is 19.4. The summed E-state index contributed by atoms with van der Waals surface area (Å²) in [5.41, 5.74) is 2.41. The first-order valence-electron chi connectivity index (χ1n) is 6.13. The normalized spacial score (nSPS) is 11.8. The molecule has 0 fully saturated rings. The predicted octanol–water partition coefficient (Wildman–Crippen LogP) is 2.32. The van der Waals surface area contributed by atoms with Gasteiger partial charge in [0.2, 0.25) is 5.91 Å². The molecule has 102 valence electrons. The highest BCUT2D eigenvalue weighted by atomic mass is 32.1. The van der Waals surface area contributed by atoms with E-state index in [0.29, 0.717) is 10.4 Å². The number of aryl methyl sites for hydroxylation is 1. The van der Waals surface area contributed by atoms with Crippen molar-refractivity contribution in [2.45, 2.75) is 39.8 Å². The van der Waals surface area contributed by atoms with E-state index >= 15 is 0 Å². The molecule has 0 aliphatic carbocycles. The largest absolute Gasteiger partial charge is 0.350 e. The van der Waals surface area contributed by atoms with Crippen LogP contribution in [0.1, 0.15) is 26.3 Å². The van der Waals surface area contributed by atoms with E-state index < -0.39 is 0 Å². The van der Waals surface area contributed by atoms with Crippen LogP contribution in [-0.4, -0.2) is 26.0 Å². The van der Waals surface area contributed by atoms with Crippen molar-refractivity contribution in [3.8, 4) is 0 Å². The third-order valence-corrected chi connectivity index (χ3v) is 3.01. The third-order valence-electron chi connectivity index (χ3n) is 2.69. The lowest BCUT2D eigenvalue weighted by Gasteiger charge is -2.20. The zero-order valence-electron chi connectivity index (χ0n) is 11.6. The fourth-order valence-electron chi connectivity index (χ4n) is 1.92. The quantitative estimate of drug-likeness (QED) is 0.829. The Hall–Kier alpha value is -1.69. The molecule has 2 N–H and O–H groups in total. The maximum Gasteiger partial charge on any atom is 0.240 e. The molecule has 0 radical (unpaired) electrons. The molecule has 0 unspecified atom stereocenters. The van der Waals surface area contributed by atoms with E-state index in [9.17, 15) is 4.79 Å². The summed E-state index contributed by atoms with van der Waals surface area (Å²) in [6.45, 7) is 7.99. The van der Waals surface area contributed by atoms with Crippen molar-refractivity contribution in [1.82, 2.24) is 19.9 Å². The van der Waals surface area contributed by atoms with Crippen LogP contribution in [0.15, 0.2) is 12.3 Å². The Morgan fingerprint density at radius 2 is 2.21 bits per heavy atom. The van der Waals surface area contributed by atoms with Crippen LogP contribution in [0.3, 0.4) is 0 Å². The molecule has 0 aromatic carbocycles. The lowest BCUT2D eigenvalue weighted by atomic mass is 10.1. The third kappa shape index (κ3) is 3.01. The van der Waals surface area contributed by atoms with Gasteiger partial charge in [0.05, 0.1) is 5.52 Å². The number of H-pyrrole nitrogens is 1. The van der Waals surface area contributed by atoms with E-state index in [1.807, 2.05) is 33.8 Å². The summed E-state index contributed by atoms with van der Waals surface area (Å²) >= 11 is 5.26. The number of aromatic amines is 1. The molecule has 0 spiro atoms. The molecule has 0 bridgehead atoms. The molecule has 2 heterocycles. The molecule has 0 saturated heterocycles. The molecule has 2 rings (SSSR count). The molecule has 2 aromatic rings. The van der Waals surface area contributed by atoms with Gasteiger partial charge in [-0.15, -0.1) is 0 Å². The number of aromatic nitrogens is 3. The number of hydrogen-bond donors (Lipinski definition) is 2. The smallest absolute Gasteiger partial charge is 0.240 e. The number of rotatable bonds is 2. The van der Waals surface area contributed by atoms with Gasteiger partial charge in [0.25, 0.3) is 0 Å². The van der Waals surface area contributed by atoms with Crippen molar-refractivity contribution in [2.24, 2.45) is 0 Å². The number of imidazole rings is 1. The Bertz CT molecular complexity index is 678. The van der Waals surface area contributed by atoms with Crippen molar-refractivity contribution in [1.29, 1.82) is 0 Å². The monoisotopic (exact) mass is 278 g/mol. The van der Waals surface area contributed by atoms with Crippen LogP contribution in [0.25, 0.3) is 11.2 Å². The molecular formula is C13H18N4OS. The van der Waals surface area contributed by atoms with Gasteiger partial charge in [0.15, 0.2) is 10.4 Å². The number of carbonyl (C=O) groups excluding carboxylic acids is 1. The number of fused-ring (bicyclic) bond motifs is 1. The standard InChI is InChI=1S/C13H18N4OS/c1-8-5-6-14-11-10(8)15-12(19)17(11)7-9(18)16-13(2,3)4/h5-6H,7H2,1-4H3,(H,15,19)(H,16,18). The molecule has 0 saturated carbocycles. The Balaban J connectivity index is 2.36. The molecule has 5 nitrogen and oxygen atoms in total. The minimum Gasteiger partial charge on any atom is -0.350 e. The minimum absolute atomic E-state index is 0.0761. The van der Waals surface area contributed by atoms with Crippen molar-refractivity contribution in [3.63, 3.8) is 0 Å². The molecule has 6 heteroatoms. The van der Waals surface area contributed by atoms with Crippen LogP contribution < -0.4 is 5.32 Å². The van der Waals surface area contributed by atoms with E-state index in [0.717, 1.165) is 11.1 Å². The van der Waals surface area contributed by atoms with Crippen LogP contribution in [0.5, 0.6) is 0 Å². The number of hydrogen-bond acceptors (Lipinski definition) is 3. The maximum atomic E-state index is 12.0. The van der Waals surface area contributed by atoms with Gasteiger partial charge >= 0.3 is 0 Å². The van der Waals surface area contributed by atoms with E-state index in [1.54, 1.807) is 10.8 Å². The SMILES string of the molecule is Cc1ccnc2c1[nH]c(=S)n2CC(=O)NC(C)(C)C. The van der Waals surface area contributed by atoms with Crippen LogP contribution in [-0.2, 0) is 11.3 Å². The second-order valence-corrected chi connectivity index (χ2v) is 6.03. The lowest BCUT2D eigenvalue weighted by Crippen LogP contribution is -2.42. The Morgan fingerprint density at radius 3 is 2.84 bits per heavy atom. The summed E-state index contributed by atoms with van der Waals surface area (Å²) in [5, 5.41) is 2.92. The average molecular weight is 278 g/mol. The molecule has 19 heavy (non-hydrogen) atoms. The first-order valence-corrected chi connectivity index (χ1v) is 6.54. The number of nitrogens with one attached hydrogen (secondary N) is 2. The van der Waals surface area contributed by atoms with Crippen LogP contribution in [0.4, 0.5) is 0 Å². The number of carbonyl (C=O) groups is 1. The Labute approximate surface area is 117 Å². The first kappa shape index (κ1) is 13.7. The topological polar surface area (TPSA) is 62.7 Å². The molecule has 0 atom stereocenters. The van der Waals surface area contributed by atoms with E-state index in [2.05, 4.69) is 15.3 Å². The van der Waals surface area contributed by atoms with Crippen molar-refractivity contribution >= 4 is 29.3 Å². The van der Waals surface area contributed by atoms with Gasteiger partial charge in [-0.1, -0.05) is 0 Å². The predicted molar refractivity (Wildman–Crippen MR) is 77.6 cm³/mol. The summed E-state index contributed by atoms with van der Waals surface area (Å²) < 4.78 is 2.24. The lowest BCUT2D eigenvalue weighted by molar-refractivity contribution is -0.123. The number of amides is 1. The van der Waals surface area contributed by atoms with Gasteiger partial charge in [-0.3, -0.25) is 9.36 Å². The minimum atomic E-state index is -0.255. The van der Waals surface area contributed by atoms with Crippen molar-refractivity contribution in [3.05, 3.63) is 22.6 Å². The zero-order valence-corrected chi connectivity index (χ0v) is 12.4. The number of nitrogens with zero attached hydrogens (tertiary/aromatic N) is 2. The Morgan fingerprint density at radius 1 is 1.53 bits per heavy atom. The van der Waals surface area contributed by atoms with Crippen molar-refractivity contribution in [2.75, 3.05) is 0 Å². The van der Waals surface area contributed by atoms with Gasteiger partial charge in [-0.05, 0) is 51.5 Å². The second kappa shape index (κ2) is 4.77. The molecular weight excluding hydrogens is 260 g/mol. The highest BCUT2D eigenvalue weighted by molar-refractivity contribution is 7.71. The fourth-order valence-corrected chi connectivity index (χ4v) is 2.17.